The average Bonchev–Trinajstić information content (AvgIpc) is 2.20. The van der Waals surface area contributed by atoms with Gasteiger partial charge in [-0.2, -0.15) is 13.2 Å². The van der Waals surface area contributed by atoms with Crippen molar-refractivity contribution in [1.29, 1.82) is 0 Å². The van der Waals surface area contributed by atoms with E-state index in [0.29, 0.717) is 6.42 Å². The first-order valence-electron chi connectivity index (χ1n) is 6.29. The summed E-state index contributed by atoms with van der Waals surface area (Å²) in [6, 6.07) is -0.361. The number of halogens is 3. The molecule has 0 radical (unpaired) electrons. The Bertz CT molecular complexity index is 244. The Morgan fingerprint density at radius 1 is 1.28 bits per heavy atom. The van der Waals surface area contributed by atoms with Crippen molar-refractivity contribution in [3.8, 4) is 0 Å². The SMILES string of the molecule is CCCCCCC(C)N(CC(=O)O)CC(F)(F)F. The van der Waals surface area contributed by atoms with Gasteiger partial charge in [-0.05, 0) is 13.3 Å². The zero-order valence-electron chi connectivity index (χ0n) is 11.0. The van der Waals surface area contributed by atoms with E-state index in [9.17, 15) is 18.0 Å². The quantitative estimate of drug-likeness (QED) is 0.653. The van der Waals surface area contributed by atoms with Crippen molar-refractivity contribution < 1.29 is 23.1 Å². The molecule has 0 spiro atoms. The minimum atomic E-state index is -4.35. The number of hydrogen-bond donors (Lipinski definition) is 1. The first kappa shape index (κ1) is 17.2. The Kier molecular flexibility index (Phi) is 7.98. The number of alkyl halides is 3. The number of aliphatic carboxylic acids is 1. The van der Waals surface area contributed by atoms with Crippen molar-refractivity contribution in [2.75, 3.05) is 13.1 Å². The summed E-state index contributed by atoms with van der Waals surface area (Å²) in [7, 11) is 0. The molecule has 0 rings (SSSR count). The Morgan fingerprint density at radius 3 is 2.33 bits per heavy atom. The molecule has 0 heterocycles. The molecule has 1 N–H and O–H groups in total. The van der Waals surface area contributed by atoms with Crippen LogP contribution in [-0.2, 0) is 4.79 Å². The van der Waals surface area contributed by atoms with Crippen LogP contribution in [-0.4, -0.2) is 41.3 Å². The normalized spacial score (nSPS) is 13.9. The van der Waals surface area contributed by atoms with Crippen molar-refractivity contribution in [2.24, 2.45) is 0 Å². The van der Waals surface area contributed by atoms with E-state index in [2.05, 4.69) is 6.92 Å². The number of carboxylic acid groups (broad SMARTS) is 1. The lowest BCUT2D eigenvalue weighted by Gasteiger charge is -2.28. The fourth-order valence-electron chi connectivity index (χ4n) is 1.82. The summed E-state index contributed by atoms with van der Waals surface area (Å²) in [5.41, 5.74) is 0. The molecule has 1 unspecified atom stereocenters. The third-order valence-corrected chi connectivity index (χ3v) is 2.82. The fraction of sp³-hybridized carbons (Fsp3) is 0.917. The van der Waals surface area contributed by atoms with Gasteiger partial charge in [0, 0.05) is 6.04 Å². The Morgan fingerprint density at radius 2 is 1.89 bits per heavy atom. The van der Waals surface area contributed by atoms with E-state index in [0.717, 1.165) is 30.6 Å². The molecule has 1 atom stereocenters. The first-order chi connectivity index (χ1) is 8.26. The number of unbranched alkanes of at least 4 members (excludes halogenated alkanes) is 3. The van der Waals surface area contributed by atoms with Crippen LogP contribution in [0.5, 0.6) is 0 Å². The predicted octanol–water partition coefficient (Wildman–Crippen LogP) is 3.29. The summed E-state index contributed by atoms with van der Waals surface area (Å²) in [5.74, 6) is -1.22. The van der Waals surface area contributed by atoms with E-state index in [1.807, 2.05) is 0 Å². The van der Waals surface area contributed by atoms with Crippen LogP contribution in [0.3, 0.4) is 0 Å². The molecule has 0 saturated heterocycles. The van der Waals surface area contributed by atoms with Gasteiger partial charge < -0.3 is 5.11 Å². The van der Waals surface area contributed by atoms with Gasteiger partial charge in [-0.3, -0.25) is 9.69 Å². The number of rotatable bonds is 9. The zero-order chi connectivity index (χ0) is 14.2. The number of nitrogens with zero attached hydrogens (tertiary/aromatic N) is 1. The molecule has 0 aliphatic rings. The standard InChI is InChI=1S/C12H22F3NO2/c1-3-4-5-6-7-10(2)16(8-11(17)18)9-12(13,14)15/h10H,3-9H2,1-2H3,(H,17,18). The summed E-state index contributed by atoms with van der Waals surface area (Å²) >= 11 is 0. The van der Waals surface area contributed by atoms with Crippen LogP contribution < -0.4 is 0 Å². The lowest BCUT2D eigenvalue weighted by atomic mass is 10.1. The molecule has 0 aromatic rings. The second-order valence-corrected chi connectivity index (χ2v) is 4.61. The highest BCUT2D eigenvalue weighted by Crippen LogP contribution is 2.20. The molecule has 18 heavy (non-hydrogen) atoms. The molecule has 0 amide bonds. The van der Waals surface area contributed by atoms with Crippen molar-refractivity contribution in [3.63, 3.8) is 0 Å². The summed E-state index contributed by atoms with van der Waals surface area (Å²) < 4.78 is 37.0. The van der Waals surface area contributed by atoms with Crippen molar-refractivity contribution >= 4 is 5.97 Å². The van der Waals surface area contributed by atoms with Crippen LogP contribution in [0.4, 0.5) is 13.2 Å². The maximum absolute atomic E-state index is 12.3. The number of hydrogen-bond acceptors (Lipinski definition) is 2. The van der Waals surface area contributed by atoms with Gasteiger partial charge in [0.25, 0.3) is 0 Å². The molecule has 0 aliphatic heterocycles. The van der Waals surface area contributed by atoms with Gasteiger partial charge in [-0.1, -0.05) is 32.6 Å². The fourth-order valence-corrected chi connectivity index (χ4v) is 1.82. The summed E-state index contributed by atoms with van der Waals surface area (Å²) in [6.07, 6.45) is 0.188. The van der Waals surface area contributed by atoms with Gasteiger partial charge in [-0.15, -0.1) is 0 Å². The molecule has 6 heteroatoms. The van der Waals surface area contributed by atoms with Gasteiger partial charge in [0.15, 0.2) is 0 Å². The molecule has 0 aliphatic carbocycles. The molecule has 0 bridgehead atoms. The van der Waals surface area contributed by atoms with Gasteiger partial charge in [0.2, 0.25) is 0 Å². The van der Waals surface area contributed by atoms with E-state index in [1.165, 1.54) is 0 Å². The monoisotopic (exact) mass is 269 g/mol. The largest absolute Gasteiger partial charge is 0.480 e. The minimum absolute atomic E-state index is 0.361. The maximum atomic E-state index is 12.3. The van der Waals surface area contributed by atoms with Crippen LogP contribution >= 0.6 is 0 Å². The smallest absolute Gasteiger partial charge is 0.401 e. The van der Waals surface area contributed by atoms with Gasteiger partial charge in [0.05, 0.1) is 13.1 Å². The average molecular weight is 269 g/mol. The third-order valence-electron chi connectivity index (χ3n) is 2.82. The molecule has 0 aromatic heterocycles. The lowest BCUT2D eigenvalue weighted by molar-refractivity contribution is -0.157. The molecule has 3 nitrogen and oxygen atoms in total. The third kappa shape index (κ3) is 9.27. The predicted molar refractivity (Wildman–Crippen MR) is 63.5 cm³/mol. The van der Waals surface area contributed by atoms with Crippen LogP contribution in [0, 0.1) is 0 Å². The highest BCUT2D eigenvalue weighted by atomic mass is 19.4. The van der Waals surface area contributed by atoms with E-state index < -0.39 is 25.2 Å². The molecular formula is C12H22F3NO2. The minimum Gasteiger partial charge on any atom is -0.480 e. The topological polar surface area (TPSA) is 40.5 Å². The number of carboxylic acids is 1. The molecule has 0 fully saturated rings. The second-order valence-electron chi connectivity index (χ2n) is 4.61. The van der Waals surface area contributed by atoms with E-state index >= 15 is 0 Å². The van der Waals surface area contributed by atoms with Crippen molar-refractivity contribution in [2.45, 2.75) is 58.2 Å². The van der Waals surface area contributed by atoms with E-state index in [4.69, 9.17) is 5.11 Å². The molecule has 108 valence electrons. The highest BCUT2D eigenvalue weighted by molar-refractivity contribution is 5.69. The zero-order valence-corrected chi connectivity index (χ0v) is 11.0. The summed E-state index contributed by atoms with van der Waals surface area (Å²) in [6.45, 7) is 1.99. The molecule has 0 saturated carbocycles. The van der Waals surface area contributed by atoms with Crippen molar-refractivity contribution in [3.05, 3.63) is 0 Å². The second kappa shape index (κ2) is 8.34. The Balaban J connectivity index is 4.22. The van der Waals surface area contributed by atoms with Gasteiger partial charge in [-0.25, -0.2) is 0 Å². The van der Waals surface area contributed by atoms with Crippen LogP contribution in [0.1, 0.15) is 46.0 Å². The lowest BCUT2D eigenvalue weighted by Crippen LogP contribution is -2.43. The maximum Gasteiger partial charge on any atom is 0.401 e. The summed E-state index contributed by atoms with van der Waals surface area (Å²) in [5, 5.41) is 8.63. The van der Waals surface area contributed by atoms with Crippen molar-refractivity contribution in [1.82, 2.24) is 4.90 Å². The first-order valence-corrected chi connectivity index (χ1v) is 6.29. The van der Waals surface area contributed by atoms with Gasteiger partial charge in [0.1, 0.15) is 0 Å². The van der Waals surface area contributed by atoms with Crippen LogP contribution in [0.25, 0.3) is 0 Å². The summed E-state index contributed by atoms with van der Waals surface area (Å²) in [4.78, 5) is 11.5. The Hall–Kier alpha value is -0.780. The Labute approximate surface area is 106 Å². The number of carbonyl (C=O) groups is 1. The van der Waals surface area contributed by atoms with Crippen LogP contribution in [0.2, 0.25) is 0 Å². The van der Waals surface area contributed by atoms with Gasteiger partial charge >= 0.3 is 12.1 Å². The van der Waals surface area contributed by atoms with Crippen LogP contribution in [0.15, 0.2) is 0 Å². The highest BCUT2D eigenvalue weighted by Gasteiger charge is 2.33. The van der Waals surface area contributed by atoms with E-state index in [-0.39, 0.29) is 6.04 Å². The van der Waals surface area contributed by atoms with E-state index in [1.54, 1.807) is 6.92 Å². The molecular weight excluding hydrogens is 247 g/mol. The molecule has 0 aromatic carbocycles.